The third kappa shape index (κ3) is 4.73. The molecule has 0 radical (unpaired) electrons. The van der Waals surface area contributed by atoms with E-state index < -0.39 is 10.0 Å². The normalized spacial score (nSPS) is 14.2. The summed E-state index contributed by atoms with van der Waals surface area (Å²) in [6.07, 6.45) is 3.14. The molecule has 1 fully saturated rings. The molecule has 154 valence electrons. The Morgan fingerprint density at radius 1 is 1.17 bits per heavy atom. The average molecular weight is 434 g/mol. The minimum Gasteiger partial charge on any atom is -0.325 e. The van der Waals surface area contributed by atoms with E-state index in [-0.39, 0.29) is 16.7 Å². The summed E-state index contributed by atoms with van der Waals surface area (Å²) in [7, 11) is -3.88. The minimum atomic E-state index is -3.88. The first kappa shape index (κ1) is 21.2. The second kappa shape index (κ2) is 8.46. The Balaban J connectivity index is 1.92. The van der Waals surface area contributed by atoms with Crippen LogP contribution in [0.3, 0.4) is 0 Å². The van der Waals surface area contributed by atoms with E-state index in [1.54, 1.807) is 29.2 Å². The summed E-state index contributed by atoms with van der Waals surface area (Å²) in [5, 5.41) is 2.66. The van der Waals surface area contributed by atoms with Gasteiger partial charge in [0.25, 0.3) is 10.0 Å². The number of amides is 2. The number of hydrogen-bond acceptors (Lipinski definition) is 5. The van der Waals surface area contributed by atoms with Crippen molar-refractivity contribution in [2.24, 2.45) is 0 Å². The van der Waals surface area contributed by atoms with Crippen LogP contribution in [0.2, 0.25) is 0 Å². The van der Waals surface area contributed by atoms with Crippen LogP contribution in [0.15, 0.2) is 46.2 Å². The highest BCUT2D eigenvalue weighted by molar-refractivity contribution is 7.98. The van der Waals surface area contributed by atoms with Gasteiger partial charge in [-0.3, -0.25) is 14.3 Å². The quantitative estimate of drug-likeness (QED) is 0.679. The molecular formula is C20H23N3O4S2. The summed E-state index contributed by atoms with van der Waals surface area (Å²) in [4.78, 5) is 26.0. The lowest BCUT2D eigenvalue weighted by Crippen LogP contribution is -2.24. The lowest BCUT2D eigenvalue weighted by molar-refractivity contribution is -0.117. The number of sulfonamides is 1. The molecular weight excluding hydrogens is 410 g/mol. The maximum atomic E-state index is 12.9. The molecule has 0 aromatic heterocycles. The first-order valence-corrected chi connectivity index (χ1v) is 11.8. The molecule has 0 aliphatic carbocycles. The number of thioether (sulfide) groups is 1. The first-order valence-electron chi connectivity index (χ1n) is 9.11. The number of carbonyl (C=O) groups is 2. The van der Waals surface area contributed by atoms with Gasteiger partial charge >= 0.3 is 0 Å². The van der Waals surface area contributed by atoms with E-state index in [1.165, 1.54) is 30.8 Å². The second-order valence-electron chi connectivity index (χ2n) is 6.80. The molecule has 2 aromatic carbocycles. The van der Waals surface area contributed by atoms with E-state index >= 15 is 0 Å². The Hall–Kier alpha value is -2.52. The van der Waals surface area contributed by atoms with Crippen molar-refractivity contribution in [2.45, 2.75) is 36.5 Å². The van der Waals surface area contributed by atoms with E-state index in [0.29, 0.717) is 30.0 Å². The molecule has 9 heteroatoms. The SMILES string of the molecule is CSc1ccc(S(=O)(=O)Nc2ccc(C)c(N3CCCC3=O)c2)cc1NC(C)=O. The van der Waals surface area contributed by atoms with Crippen molar-refractivity contribution in [1.29, 1.82) is 0 Å². The van der Waals surface area contributed by atoms with E-state index in [4.69, 9.17) is 0 Å². The standard InChI is InChI=1S/C20H23N3O4S2/c1-13-6-7-15(11-18(13)23-10-4-5-20(23)25)22-29(26,27)16-8-9-19(28-3)17(12-16)21-14(2)24/h6-9,11-12,22H,4-5,10H2,1-3H3,(H,21,24). The van der Waals surface area contributed by atoms with Crippen LogP contribution in [0.25, 0.3) is 0 Å². The molecule has 1 saturated heterocycles. The first-order chi connectivity index (χ1) is 13.7. The van der Waals surface area contributed by atoms with Gasteiger partial charge in [0.1, 0.15) is 0 Å². The average Bonchev–Trinajstić information content (AvgIpc) is 3.08. The molecule has 1 aliphatic rings. The third-order valence-corrected chi connectivity index (χ3v) is 6.79. The molecule has 2 N–H and O–H groups in total. The van der Waals surface area contributed by atoms with Gasteiger partial charge in [0.2, 0.25) is 11.8 Å². The molecule has 3 rings (SSSR count). The summed E-state index contributed by atoms with van der Waals surface area (Å²) in [6, 6.07) is 9.74. The van der Waals surface area contributed by atoms with Crippen LogP contribution < -0.4 is 14.9 Å². The number of nitrogens with zero attached hydrogens (tertiary/aromatic N) is 1. The summed E-state index contributed by atoms with van der Waals surface area (Å²) in [5.74, 6) is -0.234. The molecule has 0 bridgehead atoms. The molecule has 0 unspecified atom stereocenters. The molecule has 0 atom stereocenters. The van der Waals surface area contributed by atoms with E-state index in [1.807, 2.05) is 13.2 Å². The summed E-state index contributed by atoms with van der Waals surface area (Å²) in [6.45, 7) is 3.89. The molecule has 7 nitrogen and oxygen atoms in total. The minimum absolute atomic E-state index is 0.0402. The monoisotopic (exact) mass is 433 g/mol. The zero-order valence-corrected chi connectivity index (χ0v) is 18.1. The summed E-state index contributed by atoms with van der Waals surface area (Å²) >= 11 is 1.41. The van der Waals surface area contributed by atoms with Gasteiger partial charge in [-0.15, -0.1) is 11.8 Å². The molecule has 29 heavy (non-hydrogen) atoms. The van der Waals surface area contributed by atoms with Crippen LogP contribution in [-0.2, 0) is 19.6 Å². The number of nitrogens with one attached hydrogen (secondary N) is 2. The zero-order valence-electron chi connectivity index (χ0n) is 16.5. The van der Waals surface area contributed by atoms with Crippen LogP contribution in [-0.4, -0.2) is 33.0 Å². The zero-order chi connectivity index (χ0) is 21.2. The predicted octanol–water partition coefficient (Wildman–Crippen LogP) is 3.60. The van der Waals surface area contributed by atoms with Crippen molar-refractivity contribution in [3.05, 3.63) is 42.0 Å². The number of rotatable bonds is 6. The molecule has 2 aromatic rings. The number of anilines is 3. The van der Waals surface area contributed by atoms with Crippen LogP contribution in [0.5, 0.6) is 0 Å². The molecule has 0 spiro atoms. The molecule has 0 saturated carbocycles. The molecule has 2 amide bonds. The number of carbonyl (C=O) groups excluding carboxylic acids is 2. The lowest BCUT2D eigenvalue weighted by Gasteiger charge is -2.20. The van der Waals surface area contributed by atoms with Gasteiger partial charge in [-0.05, 0) is 55.5 Å². The number of aryl methyl sites for hydroxylation is 1. The highest BCUT2D eigenvalue weighted by Crippen LogP contribution is 2.31. The van der Waals surface area contributed by atoms with Gasteiger partial charge in [-0.25, -0.2) is 8.42 Å². The topological polar surface area (TPSA) is 95.6 Å². The Bertz CT molecular complexity index is 1070. The Morgan fingerprint density at radius 3 is 2.55 bits per heavy atom. The van der Waals surface area contributed by atoms with Crippen molar-refractivity contribution in [3.8, 4) is 0 Å². The third-order valence-electron chi connectivity index (χ3n) is 4.62. The van der Waals surface area contributed by atoms with Gasteiger partial charge < -0.3 is 10.2 Å². The number of hydrogen-bond donors (Lipinski definition) is 2. The fourth-order valence-corrected chi connectivity index (χ4v) is 4.83. The predicted molar refractivity (Wildman–Crippen MR) is 116 cm³/mol. The Morgan fingerprint density at radius 2 is 1.93 bits per heavy atom. The molecule has 1 aliphatic heterocycles. The molecule has 1 heterocycles. The lowest BCUT2D eigenvalue weighted by atomic mass is 10.1. The Kier molecular flexibility index (Phi) is 6.18. The highest BCUT2D eigenvalue weighted by atomic mass is 32.2. The maximum absolute atomic E-state index is 12.9. The van der Waals surface area contributed by atoms with Crippen molar-refractivity contribution >= 4 is 50.7 Å². The van der Waals surface area contributed by atoms with E-state index in [2.05, 4.69) is 10.0 Å². The van der Waals surface area contributed by atoms with Gasteiger partial charge in [-0.1, -0.05) is 6.07 Å². The largest absolute Gasteiger partial charge is 0.325 e. The maximum Gasteiger partial charge on any atom is 0.261 e. The highest BCUT2D eigenvalue weighted by Gasteiger charge is 2.24. The van der Waals surface area contributed by atoms with Gasteiger partial charge in [0, 0.05) is 30.5 Å². The van der Waals surface area contributed by atoms with Crippen LogP contribution in [0.1, 0.15) is 25.3 Å². The van der Waals surface area contributed by atoms with Crippen molar-refractivity contribution in [1.82, 2.24) is 0 Å². The van der Waals surface area contributed by atoms with Crippen LogP contribution in [0.4, 0.5) is 17.1 Å². The fraction of sp³-hybridized carbons (Fsp3) is 0.300. The second-order valence-corrected chi connectivity index (χ2v) is 9.33. The van der Waals surface area contributed by atoms with E-state index in [0.717, 1.165) is 16.9 Å². The van der Waals surface area contributed by atoms with Gasteiger partial charge in [0.15, 0.2) is 0 Å². The van der Waals surface area contributed by atoms with Crippen molar-refractivity contribution in [2.75, 3.05) is 27.7 Å². The smallest absolute Gasteiger partial charge is 0.261 e. The Labute approximate surface area is 174 Å². The van der Waals surface area contributed by atoms with Crippen molar-refractivity contribution < 1.29 is 18.0 Å². The van der Waals surface area contributed by atoms with Gasteiger partial charge in [-0.2, -0.15) is 0 Å². The summed E-state index contributed by atoms with van der Waals surface area (Å²) in [5.41, 5.74) is 2.44. The van der Waals surface area contributed by atoms with Gasteiger partial charge in [0.05, 0.1) is 16.3 Å². The van der Waals surface area contributed by atoms with Crippen LogP contribution in [0, 0.1) is 6.92 Å². The fourth-order valence-electron chi connectivity index (χ4n) is 3.22. The summed E-state index contributed by atoms with van der Waals surface area (Å²) < 4.78 is 28.4. The van der Waals surface area contributed by atoms with Crippen molar-refractivity contribution in [3.63, 3.8) is 0 Å². The van der Waals surface area contributed by atoms with E-state index in [9.17, 15) is 18.0 Å². The number of benzene rings is 2. The van der Waals surface area contributed by atoms with Crippen LogP contribution >= 0.6 is 11.8 Å².